The fourth-order valence-corrected chi connectivity index (χ4v) is 3.07. The predicted octanol–water partition coefficient (Wildman–Crippen LogP) is 3.46. The van der Waals surface area contributed by atoms with Gasteiger partial charge in [-0.25, -0.2) is 0 Å². The average Bonchev–Trinajstić information content (AvgIpc) is 2.91. The fraction of sp³-hybridized carbons (Fsp3) is 0.444. The normalized spacial score (nSPS) is 14.4. The molecule has 1 aliphatic heterocycles. The van der Waals surface area contributed by atoms with Crippen LogP contribution in [0.15, 0.2) is 22.7 Å². The summed E-state index contributed by atoms with van der Waals surface area (Å²) in [5, 5.41) is 7.00. The van der Waals surface area contributed by atoms with Gasteiger partial charge in [-0.15, -0.1) is 0 Å². The second-order valence-electron chi connectivity index (χ2n) is 6.39. The van der Waals surface area contributed by atoms with E-state index in [9.17, 15) is 4.79 Å². The van der Waals surface area contributed by atoms with Gasteiger partial charge in [0, 0.05) is 5.56 Å². The van der Waals surface area contributed by atoms with Gasteiger partial charge in [-0.1, -0.05) is 25.1 Å². The third kappa shape index (κ3) is 3.90. The Labute approximate surface area is 151 Å². The Morgan fingerprint density at radius 2 is 2.00 bits per heavy atom. The molecule has 1 aromatic heterocycles. The Balaban J connectivity index is 1.76. The molecule has 1 aliphatic rings. The Kier molecular flexibility index (Phi) is 5.18. The highest BCUT2D eigenvalue weighted by atomic mass is 35.5. The van der Waals surface area contributed by atoms with E-state index in [1.165, 1.54) is 0 Å². The molecule has 6 nitrogen and oxygen atoms in total. The second-order valence-corrected chi connectivity index (χ2v) is 6.73. The van der Waals surface area contributed by atoms with E-state index in [1.807, 2.05) is 18.2 Å². The number of halogens is 1. The van der Waals surface area contributed by atoms with Crippen LogP contribution in [0.25, 0.3) is 0 Å². The number of carbonyl (C=O) groups excluding carboxylic acids is 1. The molecule has 1 amide bonds. The van der Waals surface area contributed by atoms with Crippen molar-refractivity contribution in [1.82, 2.24) is 10.5 Å². The standard InChI is InChI=1S/C18H21ClN2O4/c1-10(2)17(12-4-5-14-15(8-12)24-7-6-23-14)20-16(22)9-13-11(3)21-25-18(13)19/h4-5,8,10,17H,6-7,9H2,1-3H3,(H,20,22). The van der Waals surface area contributed by atoms with Crippen molar-refractivity contribution >= 4 is 17.5 Å². The van der Waals surface area contributed by atoms with Crippen molar-refractivity contribution in [1.29, 1.82) is 0 Å². The van der Waals surface area contributed by atoms with Crippen molar-refractivity contribution in [2.45, 2.75) is 33.2 Å². The van der Waals surface area contributed by atoms with Crippen LogP contribution < -0.4 is 14.8 Å². The molecule has 1 atom stereocenters. The number of hydrogen-bond acceptors (Lipinski definition) is 5. The summed E-state index contributed by atoms with van der Waals surface area (Å²) in [5.74, 6) is 1.50. The number of amides is 1. The van der Waals surface area contributed by atoms with E-state index in [0.717, 1.165) is 11.3 Å². The van der Waals surface area contributed by atoms with E-state index in [0.29, 0.717) is 30.2 Å². The average molecular weight is 365 g/mol. The number of rotatable bonds is 5. The minimum atomic E-state index is -0.151. The quantitative estimate of drug-likeness (QED) is 0.879. The van der Waals surface area contributed by atoms with Crippen molar-refractivity contribution in [3.8, 4) is 11.5 Å². The fourth-order valence-electron chi connectivity index (χ4n) is 2.83. The predicted molar refractivity (Wildman–Crippen MR) is 93.1 cm³/mol. The summed E-state index contributed by atoms with van der Waals surface area (Å²) in [4.78, 5) is 12.5. The lowest BCUT2D eigenvalue weighted by molar-refractivity contribution is -0.121. The molecular weight excluding hydrogens is 344 g/mol. The third-order valence-corrected chi connectivity index (χ3v) is 4.48. The van der Waals surface area contributed by atoms with Gasteiger partial charge >= 0.3 is 0 Å². The highest BCUT2D eigenvalue weighted by Crippen LogP contribution is 2.34. The minimum absolute atomic E-state index is 0.127. The summed E-state index contributed by atoms with van der Waals surface area (Å²) in [5.41, 5.74) is 2.21. The topological polar surface area (TPSA) is 73.6 Å². The molecule has 0 saturated heterocycles. The van der Waals surface area contributed by atoms with Crippen molar-refractivity contribution in [3.05, 3.63) is 40.2 Å². The first-order chi connectivity index (χ1) is 12.0. The molecule has 2 aromatic rings. The third-order valence-electron chi connectivity index (χ3n) is 4.18. The molecule has 0 radical (unpaired) electrons. The van der Waals surface area contributed by atoms with Crippen molar-refractivity contribution in [3.63, 3.8) is 0 Å². The number of nitrogens with one attached hydrogen (secondary N) is 1. The number of hydrogen-bond donors (Lipinski definition) is 1. The van der Waals surface area contributed by atoms with Gasteiger partial charge in [-0.3, -0.25) is 4.79 Å². The first-order valence-corrected chi connectivity index (χ1v) is 8.63. The van der Waals surface area contributed by atoms with Crippen LogP contribution in [0, 0.1) is 12.8 Å². The molecule has 0 fully saturated rings. The molecule has 0 bridgehead atoms. The molecule has 0 spiro atoms. The van der Waals surface area contributed by atoms with Crippen LogP contribution in [0.1, 0.15) is 36.7 Å². The van der Waals surface area contributed by atoms with Crippen molar-refractivity contribution < 1.29 is 18.8 Å². The van der Waals surface area contributed by atoms with Gasteiger partial charge in [0.15, 0.2) is 11.5 Å². The summed E-state index contributed by atoms with van der Waals surface area (Å²) < 4.78 is 16.1. The molecular formula is C18H21ClN2O4. The van der Waals surface area contributed by atoms with Gasteiger partial charge in [-0.05, 0) is 42.1 Å². The summed E-state index contributed by atoms with van der Waals surface area (Å²) >= 11 is 5.95. The largest absolute Gasteiger partial charge is 0.486 e. The number of fused-ring (bicyclic) bond motifs is 1. The minimum Gasteiger partial charge on any atom is -0.486 e. The van der Waals surface area contributed by atoms with Crippen molar-refractivity contribution in [2.24, 2.45) is 5.92 Å². The van der Waals surface area contributed by atoms with Gasteiger partial charge in [-0.2, -0.15) is 0 Å². The smallest absolute Gasteiger partial charge is 0.229 e. The maximum Gasteiger partial charge on any atom is 0.229 e. The number of aryl methyl sites for hydroxylation is 1. The Bertz CT molecular complexity index is 753. The molecule has 1 N–H and O–H groups in total. The van der Waals surface area contributed by atoms with E-state index in [-0.39, 0.29) is 29.5 Å². The molecule has 0 saturated carbocycles. The lowest BCUT2D eigenvalue weighted by Gasteiger charge is -2.25. The maximum atomic E-state index is 12.5. The molecule has 0 aliphatic carbocycles. The van der Waals surface area contributed by atoms with Crippen LogP contribution in [0.2, 0.25) is 5.22 Å². The van der Waals surface area contributed by atoms with Crippen LogP contribution in [0.3, 0.4) is 0 Å². The van der Waals surface area contributed by atoms with Crippen LogP contribution in [-0.2, 0) is 11.2 Å². The van der Waals surface area contributed by atoms with E-state index < -0.39 is 0 Å². The molecule has 25 heavy (non-hydrogen) atoms. The van der Waals surface area contributed by atoms with Crippen LogP contribution in [0.5, 0.6) is 11.5 Å². The van der Waals surface area contributed by atoms with Crippen LogP contribution in [-0.4, -0.2) is 24.3 Å². The molecule has 2 heterocycles. The highest BCUT2D eigenvalue weighted by molar-refractivity contribution is 6.29. The van der Waals surface area contributed by atoms with E-state index >= 15 is 0 Å². The number of nitrogens with zero attached hydrogens (tertiary/aromatic N) is 1. The lowest BCUT2D eigenvalue weighted by atomic mass is 9.95. The molecule has 7 heteroatoms. The highest BCUT2D eigenvalue weighted by Gasteiger charge is 2.23. The first kappa shape index (κ1) is 17.6. The number of benzene rings is 1. The maximum absolute atomic E-state index is 12.5. The zero-order chi connectivity index (χ0) is 18.0. The monoisotopic (exact) mass is 364 g/mol. The van der Waals surface area contributed by atoms with E-state index in [2.05, 4.69) is 24.3 Å². The summed E-state index contributed by atoms with van der Waals surface area (Å²) in [6.07, 6.45) is 0.127. The lowest BCUT2D eigenvalue weighted by Crippen LogP contribution is -2.33. The molecule has 1 aromatic carbocycles. The molecule has 134 valence electrons. The van der Waals surface area contributed by atoms with E-state index in [1.54, 1.807) is 6.92 Å². The molecule has 1 unspecified atom stereocenters. The molecule has 3 rings (SSSR count). The van der Waals surface area contributed by atoms with Crippen LogP contribution in [0.4, 0.5) is 0 Å². The first-order valence-electron chi connectivity index (χ1n) is 8.25. The number of ether oxygens (including phenoxy) is 2. The van der Waals surface area contributed by atoms with Crippen LogP contribution >= 0.6 is 11.6 Å². The zero-order valence-electron chi connectivity index (χ0n) is 14.5. The summed E-state index contributed by atoms with van der Waals surface area (Å²) in [7, 11) is 0. The van der Waals surface area contributed by atoms with Gasteiger partial charge in [0.2, 0.25) is 11.1 Å². The number of aromatic nitrogens is 1. The van der Waals surface area contributed by atoms with Crippen molar-refractivity contribution in [2.75, 3.05) is 13.2 Å². The van der Waals surface area contributed by atoms with Gasteiger partial charge in [0.25, 0.3) is 0 Å². The van der Waals surface area contributed by atoms with Gasteiger partial charge in [0.05, 0.1) is 18.2 Å². The van der Waals surface area contributed by atoms with E-state index in [4.69, 9.17) is 25.6 Å². The second kappa shape index (κ2) is 7.35. The van der Waals surface area contributed by atoms with Gasteiger partial charge < -0.3 is 19.3 Å². The van der Waals surface area contributed by atoms with Gasteiger partial charge in [0.1, 0.15) is 13.2 Å². The number of carbonyl (C=O) groups is 1. The summed E-state index contributed by atoms with van der Waals surface area (Å²) in [6.45, 7) is 6.95. The zero-order valence-corrected chi connectivity index (χ0v) is 15.2. The Morgan fingerprint density at radius 3 is 2.64 bits per heavy atom. The summed E-state index contributed by atoms with van der Waals surface area (Å²) in [6, 6.07) is 5.61. The SMILES string of the molecule is Cc1noc(Cl)c1CC(=O)NC(c1ccc2c(c1)OCCO2)C(C)C. The Morgan fingerprint density at radius 1 is 1.28 bits per heavy atom. The Hall–Kier alpha value is -2.21.